The van der Waals surface area contributed by atoms with Gasteiger partial charge in [-0.25, -0.2) is 0 Å². The van der Waals surface area contributed by atoms with Crippen LogP contribution in [0.5, 0.6) is 0 Å². The molecule has 1 aromatic rings. The van der Waals surface area contributed by atoms with Crippen LogP contribution in [-0.4, -0.2) is 31.1 Å². The molecular weight excluding hydrogens is 256 g/mol. The van der Waals surface area contributed by atoms with Crippen molar-refractivity contribution < 1.29 is 0 Å². The van der Waals surface area contributed by atoms with Crippen LogP contribution in [0.15, 0.2) is 30.3 Å². The van der Waals surface area contributed by atoms with Gasteiger partial charge < -0.3 is 10.2 Å². The molecule has 0 saturated heterocycles. The second-order valence-electron chi connectivity index (χ2n) is 6.87. The molecule has 0 radical (unpaired) electrons. The average molecular weight is 288 g/mol. The zero-order chi connectivity index (χ0) is 15.1. The van der Waals surface area contributed by atoms with E-state index in [1.165, 1.54) is 50.8 Å². The second kappa shape index (κ2) is 8.55. The summed E-state index contributed by atoms with van der Waals surface area (Å²) in [6.45, 7) is 7.14. The normalized spacial score (nSPS) is 17.8. The highest BCUT2D eigenvalue weighted by atomic mass is 15.2. The standard InChI is InChI=1S/C19H32N2/c1-16(2)15-21(18-11-7-8-12-18)14-13-19(20-3)17-9-5-4-6-10-17/h4-6,9-10,16,18-20H,7-8,11-15H2,1-3H3. The molecule has 0 aromatic heterocycles. The summed E-state index contributed by atoms with van der Waals surface area (Å²) in [4.78, 5) is 2.75. The molecule has 0 amide bonds. The molecule has 0 spiro atoms. The van der Waals surface area contributed by atoms with Gasteiger partial charge in [-0.1, -0.05) is 57.0 Å². The molecule has 21 heavy (non-hydrogen) atoms. The van der Waals surface area contributed by atoms with Crippen LogP contribution < -0.4 is 5.32 Å². The van der Waals surface area contributed by atoms with Crippen LogP contribution in [0.25, 0.3) is 0 Å². The molecule has 2 rings (SSSR count). The first-order valence-electron chi connectivity index (χ1n) is 8.67. The molecule has 1 aliphatic carbocycles. The van der Waals surface area contributed by atoms with Crippen molar-refractivity contribution in [3.05, 3.63) is 35.9 Å². The fourth-order valence-electron chi connectivity index (χ4n) is 3.62. The van der Waals surface area contributed by atoms with Gasteiger partial charge in [0.15, 0.2) is 0 Å². The monoisotopic (exact) mass is 288 g/mol. The van der Waals surface area contributed by atoms with E-state index in [0.29, 0.717) is 6.04 Å². The maximum atomic E-state index is 3.49. The molecule has 1 aliphatic rings. The Bertz CT molecular complexity index is 382. The molecule has 1 atom stereocenters. The van der Waals surface area contributed by atoms with E-state index in [-0.39, 0.29) is 0 Å². The quantitative estimate of drug-likeness (QED) is 0.770. The van der Waals surface area contributed by atoms with Crippen LogP contribution in [0.4, 0.5) is 0 Å². The largest absolute Gasteiger partial charge is 0.313 e. The number of nitrogens with zero attached hydrogens (tertiary/aromatic N) is 1. The number of benzene rings is 1. The van der Waals surface area contributed by atoms with Gasteiger partial charge >= 0.3 is 0 Å². The van der Waals surface area contributed by atoms with E-state index in [0.717, 1.165) is 12.0 Å². The highest BCUT2D eigenvalue weighted by Gasteiger charge is 2.23. The Morgan fingerprint density at radius 3 is 2.38 bits per heavy atom. The lowest BCUT2D eigenvalue weighted by Crippen LogP contribution is -2.38. The molecule has 0 bridgehead atoms. The van der Waals surface area contributed by atoms with Crippen LogP contribution in [0.1, 0.15) is 57.6 Å². The van der Waals surface area contributed by atoms with Gasteiger partial charge in [-0.3, -0.25) is 0 Å². The summed E-state index contributed by atoms with van der Waals surface area (Å²) in [7, 11) is 2.08. The Kier molecular flexibility index (Phi) is 6.72. The first-order chi connectivity index (χ1) is 10.2. The van der Waals surface area contributed by atoms with E-state index in [2.05, 4.69) is 61.4 Å². The van der Waals surface area contributed by atoms with E-state index in [1.807, 2.05) is 0 Å². The highest BCUT2D eigenvalue weighted by Crippen LogP contribution is 2.26. The third kappa shape index (κ3) is 5.12. The van der Waals surface area contributed by atoms with Gasteiger partial charge in [-0.2, -0.15) is 0 Å². The molecule has 1 N–H and O–H groups in total. The fraction of sp³-hybridized carbons (Fsp3) is 0.684. The van der Waals surface area contributed by atoms with Crippen LogP contribution in [0, 0.1) is 5.92 Å². The predicted molar refractivity (Wildman–Crippen MR) is 91.5 cm³/mol. The van der Waals surface area contributed by atoms with Crippen molar-refractivity contribution in [3.63, 3.8) is 0 Å². The summed E-state index contributed by atoms with van der Waals surface area (Å²) < 4.78 is 0. The minimum atomic E-state index is 0.474. The first kappa shape index (κ1) is 16.5. The van der Waals surface area contributed by atoms with Gasteiger partial charge in [0, 0.05) is 25.2 Å². The second-order valence-corrected chi connectivity index (χ2v) is 6.87. The van der Waals surface area contributed by atoms with Gasteiger partial charge in [0.05, 0.1) is 0 Å². The third-order valence-corrected chi connectivity index (χ3v) is 4.70. The van der Waals surface area contributed by atoms with Crippen molar-refractivity contribution in [1.29, 1.82) is 0 Å². The molecule has 118 valence electrons. The zero-order valence-corrected chi connectivity index (χ0v) is 14.0. The van der Waals surface area contributed by atoms with Gasteiger partial charge in [0.2, 0.25) is 0 Å². The minimum Gasteiger partial charge on any atom is -0.313 e. The molecule has 0 heterocycles. The highest BCUT2D eigenvalue weighted by molar-refractivity contribution is 5.18. The Morgan fingerprint density at radius 2 is 1.81 bits per heavy atom. The summed E-state index contributed by atoms with van der Waals surface area (Å²) in [6.07, 6.45) is 6.86. The predicted octanol–water partition coefficient (Wildman–Crippen LogP) is 4.24. The third-order valence-electron chi connectivity index (χ3n) is 4.70. The molecule has 1 saturated carbocycles. The lowest BCUT2D eigenvalue weighted by Gasteiger charge is -2.32. The topological polar surface area (TPSA) is 15.3 Å². The molecule has 1 unspecified atom stereocenters. The van der Waals surface area contributed by atoms with Gasteiger partial charge in [0.25, 0.3) is 0 Å². The maximum absolute atomic E-state index is 3.49. The van der Waals surface area contributed by atoms with Crippen LogP contribution in [0.3, 0.4) is 0 Å². The summed E-state index contributed by atoms with van der Waals surface area (Å²) in [5.74, 6) is 0.760. The number of nitrogens with one attached hydrogen (secondary N) is 1. The number of hydrogen-bond acceptors (Lipinski definition) is 2. The summed E-state index contributed by atoms with van der Waals surface area (Å²) in [5.41, 5.74) is 1.41. The lowest BCUT2D eigenvalue weighted by atomic mass is 10.0. The van der Waals surface area contributed by atoms with Crippen molar-refractivity contribution in [1.82, 2.24) is 10.2 Å². The zero-order valence-electron chi connectivity index (χ0n) is 14.0. The number of hydrogen-bond donors (Lipinski definition) is 1. The van der Waals surface area contributed by atoms with E-state index in [9.17, 15) is 0 Å². The lowest BCUT2D eigenvalue weighted by molar-refractivity contribution is 0.169. The van der Waals surface area contributed by atoms with Crippen molar-refractivity contribution in [3.8, 4) is 0 Å². The number of rotatable bonds is 8. The Balaban J connectivity index is 1.92. The summed E-state index contributed by atoms with van der Waals surface area (Å²) in [6, 6.07) is 12.2. The first-order valence-corrected chi connectivity index (χ1v) is 8.67. The molecule has 1 aromatic carbocycles. The van der Waals surface area contributed by atoms with E-state index in [4.69, 9.17) is 0 Å². The Hall–Kier alpha value is -0.860. The van der Waals surface area contributed by atoms with Crippen molar-refractivity contribution in [2.24, 2.45) is 5.92 Å². The SMILES string of the molecule is CNC(CCN(CC(C)C)C1CCCC1)c1ccccc1. The average Bonchev–Trinajstić information content (AvgIpc) is 3.01. The van der Waals surface area contributed by atoms with Crippen LogP contribution >= 0.6 is 0 Å². The molecule has 2 heteroatoms. The van der Waals surface area contributed by atoms with Gasteiger partial charge in [-0.15, -0.1) is 0 Å². The van der Waals surface area contributed by atoms with E-state index >= 15 is 0 Å². The van der Waals surface area contributed by atoms with Gasteiger partial charge in [0.1, 0.15) is 0 Å². The van der Waals surface area contributed by atoms with Crippen molar-refractivity contribution in [2.75, 3.05) is 20.1 Å². The molecule has 2 nitrogen and oxygen atoms in total. The maximum Gasteiger partial charge on any atom is 0.0329 e. The Labute approximate surface area is 130 Å². The van der Waals surface area contributed by atoms with Crippen molar-refractivity contribution in [2.45, 2.75) is 58.0 Å². The molecule has 1 fully saturated rings. The van der Waals surface area contributed by atoms with E-state index in [1.54, 1.807) is 0 Å². The summed E-state index contributed by atoms with van der Waals surface area (Å²) >= 11 is 0. The summed E-state index contributed by atoms with van der Waals surface area (Å²) in [5, 5.41) is 3.49. The van der Waals surface area contributed by atoms with Gasteiger partial charge in [-0.05, 0) is 37.8 Å². The van der Waals surface area contributed by atoms with Crippen LogP contribution in [0.2, 0.25) is 0 Å². The molecular formula is C19H32N2. The fourth-order valence-corrected chi connectivity index (χ4v) is 3.62. The molecule has 0 aliphatic heterocycles. The van der Waals surface area contributed by atoms with Crippen molar-refractivity contribution >= 4 is 0 Å². The minimum absolute atomic E-state index is 0.474. The van der Waals surface area contributed by atoms with Crippen LogP contribution in [-0.2, 0) is 0 Å². The smallest absolute Gasteiger partial charge is 0.0329 e. The van der Waals surface area contributed by atoms with E-state index < -0.39 is 0 Å². The Morgan fingerprint density at radius 1 is 1.14 bits per heavy atom.